The Balaban J connectivity index is 1.64. The van der Waals surface area contributed by atoms with Gasteiger partial charge in [-0.25, -0.2) is 9.97 Å². The summed E-state index contributed by atoms with van der Waals surface area (Å²) in [5, 5.41) is 3.34. The van der Waals surface area contributed by atoms with Gasteiger partial charge in [-0.15, -0.1) is 0 Å². The Morgan fingerprint density at radius 3 is 2.41 bits per heavy atom. The minimum absolute atomic E-state index is 0.0393. The van der Waals surface area contributed by atoms with E-state index in [1.54, 1.807) is 6.07 Å². The molecule has 4 aromatic rings. The Kier molecular flexibility index (Phi) is 6.70. The maximum Gasteiger partial charge on any atom is 0.417 e. The van der Waals surface area contributed by atoms with E-state index < -0.39 is 11.7 Å². The van der Waals surface area contributed by atoms with Gasteiger partial charge in [0.2, 0.25) is 0 Å². The van der Waals surface area contributed by atoms with Gasteiger partial charge >= 0.3 is 6.18 Å². The smallest absolute Gasteiger partial charge is 0.363 e. The van der Waals surface area contributed by atoms with Crippen LogP contribution < -0.4 is 10.2 Å². The van der Waals surface area contributed by atoms with Gasteiger partial charge in [-0.2, -0.15) is 13.2 Å². The van der Waals surface area contributed by atoms with Gasteiger partial charge < -0.3 is 10.2 Å². The van der Waals surface area contributed by atoms with Crippen molar-refractivity contribution in [2.45, 2.75) is 32.5 Å². The Hall–Kier alpha value is -4.13. The van der Waals surface area contributed by atoms with Crippen molar-refractivity contribution in [3.8, 4) is 11.4 Å². The zero-order chi connectivity index (χ0) is 26.0. The van der Waals surface area contributed by atoms with Gasteiger partial charge in [-0.3, -0.25) is 0 Å². The zero-order valence-corrected chi connectivity index (χ0v) is 20.5. The molecule has 2 heterocycles. The van der Waals surface area contributed by atoms with Gasteiger partial charge in [0.1, 0.15) is 5.69 Å². The van der Waals surface area contributed by atoms with Crippen LogP contribution in [0.4, 0.5) is 24.7 Å². The number of halogens is 3. The van der Waals surface area contributed by atoms with Crippen LogP contribution in [0.1, 0.15) is 34.4 Å². The third kappa shape index (κ3) is 5.21. The van der Waals surface area contributed by atoms with Crippen molar-refractivity contribution < 1.29 is 13.2 Å². The highest BCUT2D eigenvalue weighted by atomic mass is 19.4. The lowest BCUT2D eigenvalue weighted by molar-refractivity contribution is -0.137. The summed E-state index contributed by atoms with van der Waals surface area (Å²) in [6.45, 7) is 7.65. The molecule has 3 aromatic carbocycles. The van der Waals surface area contributed by atoms with E-state index in [1.165, 1.54) is 12.1 Å². The van der Waals surface area contributed by atoms with Crippen LogP contribution >= 0.6 is 0 Å². The average Bonchev–Trinajstić information content (AvgIpc) is 2.89. The average molecular weight is 501 g/mol. The molecule has 188 valence electrons. The predicted octanol–water partition coefficient (Wildman–Crippen LogP) is 7.51. The van der Waals surface area contributed by atoms with E-state index in [0.717, 1.165) is 47.1 Å². The Morgan fingerprint density at radius 2 is 1.65 bits per heavy atom. The first-order valence-electron chi connectivity index (χ1n) is 12.2. The number of nitrogens with zero attached hydrogens (tertiary/aromatic N) is 3. The van der Waals surface area contributed by atoms with Crippen molar-refractivity contribution in [2.75, 3.05) is 16.8 Å². The molecule has 0 bridgehead atoms. The maximum absolute atomic E-state index is 13.9. The Bertz CT molecular complexity index is 1430. The van der Waals surface area contributed by atoms with Gasteiger partial charge in [0, 0.05) is 29.9 Å². The lowest BCUT2D eigenvalue weighted by atomic mass is 10.0. The minimum atomic E-state index is -4.52. The number of anilines is 2. The molecule has 1 aromatic heterocycles. The largest absolute Gasteiger partial charge is 0.417 e. The fourth-order valence-electron chi connectivity index (χ4n) is 4.77. The molecule has 0 aliphatic carbocycles. The molecule has 0 radical (unpaired) electrons. The summed E-state index contributed by atoms with van der Waals surface area (Å²) in [6, 6.07) is 23.4. The van der Waals surface area contributed by atoms with Crippen LogP contribution in [-0.2, 0) is 19.1 Å². The number of fused-ring (bicyclic) bond motifs is 1. The summed E-state index contributed by atoms with van der Waals surface area (Å²) in [4.78, 5) is 11.6. The number of aromatic nitrogens is 2. The summed E-state index contributed by atoms with van der Waals surface area (Å²) < 4.78 is 41.6. The van der Waals surface area contributed by atoms with Crippen molar-refractivity contribution >= 4 is 17.2 Å². The zero-order valence-electron chi connectivity index (χ0n) is 20.5. The monoisotopic (exact) mass is 500 g/mol. The SMILES string of the molecule is C=C(Nc1nc(-c2ccccc2C(F)(F)F)nc2c1N(Cc1ccccc1)CCC2)c1ccccc1C. The highest BCUT2D eigenvalue weighted by molar-refractivity contribution is 5.83. The molecule has 7 heteroatoms. The topological polar surface area (TPSA) is 41.1 Å². The summed E-state index contributed by atoms with van der Waals surface area (Å²) in [6.07, 6.45) is -3.03. The first kappa shape index (κ1) is 24.6. The lowest BCUT2D eigenvalue weighted by Crippen LogP contribution is -2.31. The number of benzene rings is 3. The number of nitrogens with one attached hydrogen (secondary N) is 1. The van der Waals surface area contributed by atoms with Gasteiger partial charge in [-0.05, 0) is 37.0 Å². The van der Waals surface area contributed by atoms with Crippen LogP contribution in [0.25, 0.3) is 17.1 Å². The third-order valence-electron chi connectivity index (χ3n) is 6.54. The second kappa shape index (κ2) is 10.1. The molecule has 0 spiro atoms. The fourth-order valence-corrected chi connectivity index (χ4v) is 4.77. The molecule has 5 rings (SSSR count). The van der Waals surface area contributed by atoms with E-state index in [2.05, 4.69) is 33.9 Å². The van der Waals surface area contributed by atoms with Gasteiger partial charge in [0.15, 0.2) is 11.6 Å². The maximum atomic E-state index is 13.9. The molecule has 1 N–H and O–H groups in total. The number of hydrogen-bond acceptors (Lipinski definition) is 4. The number of alkyl halides is 3. The van der Waals surface area contributed by atoms with Crippen molar-refractivity contribution in [3.63, 3.8) is 0 Å². The Labute approximate surface area is 214 Å². The predicted molar refractivity (Wildman–Crippen MR) is 142 cm³/mol. The normalized spacial score (nSPS) is 13.2. The van der Waals surface area contributed by atoms with Crippen LogP contribution in [-0.4, -0.2) is 16.5 Å². The van der Waals surface area contributed by atoms with Crippen LogP contribution in [0.5, 0.6) is 0 Å². The standard InChI is InChI=1S/C30H27F3N4/c1-20-11-6-7-14-23(20)21(2)34-29-27-26(17-10-18-37(27)19-22-12-4-3-5-13-22)35-28(36-29)24-15-8-9-16-25(24)30(31,32)33/h3-9,11-16H,2,10,17-19H2,1H3,(H,34,35,36). The van der Waals surface area contributed by atoms with Crippen LogP contribution in [0.2, 0.25) is 0 Å². The molecule has 0 atom stereocenters. The molecule has 0 unspecified atom stereocenters. The second-order valence-corrected chi connectivity index (χ2v) is 9.16. The van der Waals surface area contributed by atoms with Gasteiger partial charge in [0.05, 0.1) is 11.3 Å². The summed E-state index contributed by atoms with van der Waals surface area (Å²) in [5.74, 6) is 0.509. The van der Waals surface area contributed by atoms with E-state index in [4.69, 9.17) is 4.98 Å². The van der Waals surface area contributed by atoms with Crippen LogP contribution in [0.15, 0.2) is 85.4 Å². The van der Waals surface area contributed by atoms with E-state index in [-0.39, 0.29) is 11.4 Å². The molecular formula is C30H27F3N4. The highest BCUT2D eigenvalue weighted by Crippen LogP contribution is 2.40. The molecule has 0 saturated heterocycles. The van der Waals surface area contributed by atoms with Crippen molar-refractivity contribution in [2.24, 2.45) is 0 Å². The van der Waals surface area contributed by atoms with Crippen molar-refractivity contribution in [3.05, 3.63) is 113 Å². The van der Waals surface area contributed by atoms with Crippen LogP contribution in [0, 0.1) is 6.92 Å². The first-order chi connectivity index (χ1) is 17.8. The van der Waals surface area contributed by atoms with E-state index in [1.807, 2.05) is 49.4 Å². The van der Waals surface area contributed by atoms with E-state index in [9.17, 15) is 13.2 Å². The van der Waals surface area contributed by atoms with E-state index in [0.29, 0.717) is 24.5 Å². The summed E-state index contributed by atoms with van der Waals surface area (Å²) in [5.41, 5.74) is 4.44. The van der Waals surface area contributed by atoms with Crippen molar-refractivity contribution in [1.29, 1.82) is 0 Å². The highest BCUT2D eigenvalue weighted by Gasteiger charge is 2.35. The fraction of sp³-hybridized carbons (Fsp3) is 0.200. The minimum Gasteiger partial charge on any atom is -0.363 e. The molecule has 4 nitrogen and oxygen atoms in total. The molecule has 0 amide bonds. The van der Waals surface area contributed by atoms with E-state index >= 15 is 0 Å². The molecule has 0 fully saturated rings. The van der Waals surface area contributed by atoms with Gasteiger partial charge in [-0.1, -0.05) is 79.4 Å². The summed E-state index contributed by atoms with van der Waals surface area (Å²) in [7, 11) is 0. The number of hydrogen-bond donors (Lipinski definition) is 1. The molecular weight excluding hydrogens is 473 g/mol. The molecule has 0 saturated carbocycles. The number of aryl methyl sites for hydroxylation is 2. The van der Waals surface area contributed by atoms with Crippen molar-refractivity contribution in [1.82, 2.24) is 9.97 Å². The number of rotatable bonds is 6. The third-order valence-corrected chi connectivity index (χ3v) is 6.54. The Morgan fingerprint density at radius 1 is 0.946 bits per heavy atom. The quantitative estimate of drug-likeness (QED) is 0.298. The molecule has 1 aliphatic heterocycles. The van der Waals surface area contributed by atoms with Crippen LogP contribution in [0.3, 0.4) is 0 Å². The molecule has 37 heavy (non-hydrogen) atoms. The first-order valence-corrected chi connectivity index (χ1v) is 12.2. The van der Waals surface area contributed by atoms with Gasteiger partial charge in [0.25, 0.3) is 0 Å². The lowest BCUT2D eigenvalue weighted by Gasteiger charge is -2.33. The molecule has 1 aliphatic rings. The summed E-state index contributed by atoms with van der Waals surface area (Å²) >= 11 is 0. The second-order valence-electron chi connectivity index (χ2n) is 9.16.